The summed E-state index contributed by atoms with van der Waals surface area (Å²) in [5, 5.41) is 3.26. The van der Waals surface area contributed by atoms with Gasteiger partial charge in [-0.3, -0.25) is 4.79 Å². The van der Waals surface area contributed by atoms with E-state index in [4.69, 9.17) is 0 Å². The van der Waals surface area contributed by atoms with E-state index in [1.165, 1.54) is 5.56 Å². The second-order valence-electron chi connectivity index (χ2n) is 5.33. The molecular weight excluding hydrogens is 284 g/mol. The largest absolute Gasteiger partial charge is 0.339 e. The van der Waals surface area contributed by atoms with Crippen LogP contribution in [0.4, 0.5) is 0 Å². The van der Waals surface area contributed by atoms with Gasteiger partial charge >= 0.3 is 0 Å². The number of fused-ring (bicyclic) bond motifs is 1. The standard InChI is InChI=1S/C15H20N4OS/c1-12-2-3-14-17-13(9-19(14)8-12)10-21-11-15(20)18-6-4-16-5-7-18/h2-3,8-9,16H,4-7,10-11H2,1H3. The van der Waals surface area contributed by atoms with Crippen molar-refractivity contribution in [1.82, 2.24) is 19.6 Å². The molecule has 0 radical (unpaired) electrons. The summed E-state index contributed by atoms with van der Waals surface area (Å²) >= 11 is 1.64. The van der Waals surface area contributed by atoms with E-state index in [9.17, 15) is 4.79 Å². The highest BCUT2D eigenvalue weighted by molar-refractivity contribution is 7.99. The molecule has 6 heteroatoms. The molecule has 0 bridgehead atoms. The first-order valence-electron chi connectivity index (χ1n) is 7.23. The highest BCUT2D eigenvalue weighted by Crippen LogP contribution is 2.14. The molecule has 1 fully saturated rings. The molecule has 1 amide bonds. The predicted octanol–water partition coefficient (Wildman–Crippen LogP) is 1.31. The first-order valence-corrected chi connectivity index (χ1v) is 8.38. The molecule has 112 valence electrons. The molecule has 2 aromatic heterocycles. The Balaban J connectivity index is 1.53. The van der Waals surface area contributed by atoms with Crippen LogP contribution in [0.5, 0.6) is 0 Å². The highest BCUT2D eigenvalue weighted by Gasteiger charge is 2.15. The molecule has 1 aliphatic rings. The minimum atomic E-state index is 0.237. The van der Waals surface area contributed by atoms with Crippen LogP contribution in [0.2, 0.25) is 0 Å². The summed E-state index contributed by atoms with van der Waals surface area (Å²) in [7, 11) is 0. The lowest BCUT2D eigenvalue weighted by molar-refractivity contribution is -0.128. The van der Waals surface area contributed by atoms with Crippen molar-refractivity contribution in [1.29, 1.82) is 0 Å². The van der Waals surface area contributed by atoms with Crippen LogP contribution in [0.1, 0.15) is 11.3 Å². The number of carbonyl (C=O) groups is 1. The van der Waals surface area contributed by atoms with Gasteiger partial charge in [0.05, 0.1) is 11.4 Å². The number of pyridine rings is 1. The van der Waals surface area contributed by atoms with Crippen molar-refractivity contribution in [3.05, 3.63) is 35.8 Å². The fourth-order valence-corrected chi connectivity index (χ4v) is 3.28. The van der Waals surface area contributed by atoms with Crippen LogP contribution in [0.3, 0.4) is 0 Å². The minimum absolute atomic E-state index is 0.237. The van der Waals surface area contributed by atoms with E-state index in [2.05, 4.69) is 29.5 Å². The number of piperazine rings is 1. The third-order valence-electron chi connectivity index (χ3n) is 3.59. The number of aryl methyl sites for hydroxylation is 1. The maximum Gasteiger partial charge on any atom is 0.232 e. The summed E-state index contributed by atoms with van der Waals surface area (Å²) in [5.74, 6) is 1.55. The minimum Gasteiger partial charge on any atom is -0.339 e. The van der Waals surface area contributed by atoms with Crippen molar-refractivity contribution < 1.29 is 4.79 Å². The third kappa shape index (κ3) is 3.57. The lowest BCUT2D eigenvalue weighted by Crippen LogP contribution is -2.47. The van der Waals surface area contributed by atoms with Crippen LogP contribution in [0, 0.1) is 6.92 Å². The van der Waals surface area contributed by atoms with Crippen LogP contribution < -0.4 is 5.32 Å². The highest BCUT2D eigenvalue weighted by atomic mass is 32.2. The lowest BCUT2D eigenvalue weighted by atomic mass is 10.3. The van der Waals surface area contributed by atoms with Gasteiger partial charge in [-0.05, 0) is 18.6 Å². The van der Waals surface area contributed by atoms with E-state index < -0.39 is 0 Å². The zero-order chi connectivity index (χ0) is 14.7. The Labute approximate surface area is 128 Å². The molecule has 3 rings (SSSR count). The van der Waals surface area contributed by atoms with E-state index in [1.54, 1.807) is 11.8 Å². The molecule has 1 N–H and O–H groups in total. The quantitative estimate of drug-likeness (QED) is 0.925. The summed E-state index contributed by atoms with van der Waals surface area (Å²) < 4.78 is 2.04. The summed E-state index contributed by atoms with van der Waals surface area (Å²) in [6.07, 6.45) is 4.12. The van der Waals surface area contributed by atoms with Crippen molar-refractivity contribution >= 4 is 23.3 Å². The predicted molar refractivity (Wildman–Crippen MR) is 85.5 cm³/mol. The van der Waals surface area contributed by atoms with Crippen molar-refractivity contribution in [3.63, 3.8) is 0 Å². The monoisotopic (exact) mass is 304 g/mol. The summed E-state index contributed by atoms with van der Waals surface area (Å²) in [6, 6.07) is 4.09. The normalized spacial score (nSPS) is 15.6. The van der Waals surface area contributed by atoms with Crippen LogP contribution in [-0.4, -0.2) is 52.1 Å². The van der Waals surface area contributed by atoms with Gasteiger partial charge in [0, 0.05) is 44.3 Å². The Morgan fingerprint density at radius 1 is 1.33 bits per heavy atom. The van der Waals surface area contributed by atoms with E-state index >= 15 is 0 Å². The van der Waals surface area contributed by atoms with Crippen molar-refractivity contribution in [2.24, 2.45) is 0 Å². The molecule has 0 aromatic carbocycles. The molecular formula is C15H20N4OS. The van der Waals surface area contributed by atoms with Gasteiger partial charge in [-0.2, -0.15) is 0 Å². The van der Waals surface area contributed by atoms with Crippen LogP contribution in [-0.2, 0) is 10.5 Å². The Kier molecular flexibility index (Phi) is 4.45. The Hall–Kier alpha value is -1.53. The van der Waals surface area contributed by atoms with E-state index in [-0.39, 0.29) is 5.91 Å². The third-order valence-corrected chi connectivity index (χ3v) is 4.54. The Bertz CT molecular complexity index is 634. The maximum atomic E-state index is 12.1. The number of nitrogens with zero attached hydrogens (tertiary/aromatic N) is 3. The topological polar surface area (TPSA) is 49.6 Å². The van der Waals surface area contributed by atoms with Gasteiger partial charge in [0.25, 0.3) is 0 Å². The average Bonchev–Trinajstić information content (AvgIpc) is 2.89. The number of aromatic nitrogens is 2. The van der Waals surface area contributed by atoms with E-state index in [0.29, 0.717) is 5.75 Å². The van der Waals surface area contributed by atoms with Gasteiger partial charge in [-0.15, -0.1) is 11.8 Å². The number of rotatable bonds is 4. The molecule has 0 aliphatic carbocycles. The first-order chi connectivity index (χ1) is 10.2. The second kappa shape index (κ2) is 6.49. The zero-order valence-electron chi connectivity index (χ0n) is 12.2. The summed E-state index contributed by atoms with van der Waals surface area (Å²) in [6.45, 7) is 5.53. The lowest BCUT2D eigenvalue weighted by Gasteiger charge is -2.27. The average molecular weight is 304 g/mol. The number of nitrogens with one attached hydrogen (secondary N) is 1. The molecule has 0 saturated carbocycles. The van der Waals surface area contributed by atoms with Gasteiger partial charge in [0.1, 0.15) is 5.65 Å². The zero-order valence-corrected chi connectivity index (χ0v) is 13.0. The number of hydrogen-bond donors (Lipinski definition) is 1. The molecule has 5 nitrogen and oxygen atoms in total. The van der Waals surface area contributed by atoms with Crippen LogP contribution in [0.15, 0.2) is 24.5 Å². The summed E-state index contributed by atoms with van der Waals surface area (Å²) in [4.78, 5) is 18.6. The Morgan fingerprint density at radius 3 is 2.95 bits per heavy atom. The van der Waals surface area contributed by atoms with Gasteiger partial charge < -0.3 is 14.6 Å². The first kappa shape index (κ1) is 14.4. The van der Waals surface area contributed by atoms with Crippen molar-refractivity contribution in [3.8, 4) is 0 Å². The van der Waals surface area contributed by atoms with Gasteiger partial charge in [0.15, 0.2) is 0 Å². The van der Waals surface area contributed by atoms with Crippen molar-refractivity contribution in [2.75, 3.05) is 31.9 Å². The molecule has 3 heterocycles. The molecule has 0 unspecified atom stereocenters. The van der Waals surface area contributed by atoms with Crippen LogP contribution in [0.25, 0.3) is 5.65 Å². The molecule has 1 aliphatic heterocycles. The van der Waals surface area contributed by atoms with Gasteiger partial charge in [-0.1, -0.05) is 6.07 Å². The maximum absolute atomic E-state index is 12.1. The number of thioether (sulfide) groups is 1. The number of imidazole rings is 1. The molecule has 0 atom stereocenters. The second-order valence-corrected chi connectivity index (χ2v) is 6.31. The molecule has 1 saturated heterocycles. The fourth-order valence-electron chi connectivity index (χ4n) is 2.47. The van der Waals surface area contributed by atoms with Crippen molar-refractivity contribution in [2.45, 2.75) is 12.7 Å². The molecule has 2 aromatic rings. The summed E-state index contributed by atoms with van der Waals surface area (Å²) in [5.41, 5.74) is 3.20. The van der Waals surface area contributed by atoms with Gasteiger partial charge in [-0.25, -0.2) is 4.98 Å². The van der Waals surface area contributed by atoms with Crippen LogP contribution >= 0.6 is 11.8 Å². The fraction of sp³-hybridized carbons (Fsp3) is 0.467. The van der Waals surface area contributed by atoms with Gasteiger partial charge in [0.2, 0.25) is 5.91 Å². The molecule has 0 spiro atoms. The number of hydrogen-bond acceptors (Lipinski definition) is 4. The van der Waals surface area contributed by atoms with E-state index in [0.717, 1.165) is 43.3 Å². The SMILES string of the molecule is Cc1ccc2nc(CSCC(=O)N3CCNCC3)cn2c1. The number of carbonyl (C=O) groups excluding carboxylic acids is 1. The number of amides is 1. The molecule has 21 heavy (non-hydrogen) atoms. The smallest absolute Gasteiger partial charge is 0.232 e. The Morgan fingerprint density at radius 2 is 2.14 bits per heavy atom. The van der Waals surface area contributed by atoms with E-state index in [1.807, 2.05) is 21.6 Å².